The van der Waals surface area contributed by atoms with Crippen LogP contribution in [0.5, 0.6) is 5.75 Å². The van der Waals surface area contributed by atoms with E-state index in [1.807, 2.05) is 0 Å². The summed E-state index contributed by atoms with van der Waals surface area (Å²) < 4.78 is 43.2. The second kappa shape index (κ2) is 4.43. The van der Waals surface area contributed by atoms with Crippen LogP contribution in [-0.4, -0.2) is 25.1 Å². The predicted octanol–water partition coefficient (Wildman–Crippen LogP) is 1.64. The largest absolute Gasteiger partial charge is 0.490 e. The molecule has 108 valence electrons. The van der Waals surface area contributed by atoms with Gasteiger partial charge in [0.05, 0.1) is 11.0 Å². The molecule has 2 rings (SSSR count). The van der Waals surface area contributed by atoms with Crippen LogP contribution in [0.1, 0.15) is 31.9 Å². The van der Waals surface area contributed by atoms with Crippen molar-refractivity contribution in [1.82, 2.24) is 0 Å². The lowest BCUT2D eigenvalue weighted by molar-refractivity contribution is 0.0142. The van der Waals surface area contributed by atoms with Crippen LogP contribution in [0, 0.1) is 11.3 Å². The Hall–Kier alpha value is -1.65. The zero-order valence-electron chi connectivity index (χ0n) is 11.2. The van der Waals surface area contributed by atoms with Crippen molar-refractivity contribution >= 4 is 9.84 Å². The van der Waals surface area contributed by atoms with Crippen molar-refractivity contribution in [1.29, 1.82) is 5.26 Å². The molecule has 0 saturated carbocycles. The van der Waals surface area contributed by atoms with Crippen LogP contribution in [-0.2, 0) is 15.4 Å². The lowest BCUT2D eigenvalue weighted by Gasteiger charge is -2.21. The van der Waals surface area contributed by atoms with Crippen LogP contribution in [0.15, 0.2) is 17.0 Å². The minimum Gasteiger partial charge on any atom is -0.490 e. The standard InChI is InChI=1S/C13H14FNO4S/c1-7(2)19-9-4-5-10-11(8(9)6-15)13(3,16)12(14)20(10,17)18/h4-5,7,12,16H,1-3H3. The Morgan fingerprint density at radius 2 is 2.10 bits per heavy atom. The number of hydrogen-bond donors (Lipinski definition) is 1. The van der Waals surface area contributed by atoms with E-state index >= 15 is 0 Å². The number of fused-ring (bicyclic) bond motifs is 1. The molecule has 1 aromatic rings. The molecule has 0 saturated heterocycles. The van der Waals surface area contributed by atoms with Crippen molar-refractivity contribution in [2.24, 2.45) is 0 Å². The van der Waals surface area contributed by atoms with Gasteiger partial charge in [-0.2, -0.15) is 5.26 Å². The van der Waals surface area contributed by atoms with Crippen LogP contribution in [0.25, 0.3) is 0 Å². The van der Waals surface area contributed by atoms with Gasteiger partial charge in [-0.1, -0.05) is 0 Å². The van der Waals surface area contributed by atoms with E-state index in [4.69, 9.17) is 4.74 Å². The van der Waals surface area contributed by atoms with Gasteiger partial charge in [0.25, 0.3) is 0 Å². The molecule has 2 atom stereocenters. The third kappa shape index (κ3) is 1.87. The first kappa shape index (κ1) is 14.8. The predicted molar refractivity (Wildman–Crippen MR) is 68.6 cm³/mol. The number of rotatable bonds is 2. The highest BCUT2D eigenvalue weighted by Gasteiger charge is 2.55. The number of alkyl halides is 1. The van der Waals surface area contributed by atoms with Gasteiger partial charge in [-0.25, -0.2) is 12.8 Å². The highest BCUT2D eigenvalue weighted by atomic mass is 32.2. The summed E-state index contributed by atoms with van der Waals surface area (Å²) in [4.78, 5) is -0.359. The summed E-state index contributed by atoms with van der Waals surface area (Å²) in [6, 6.07) is 4.27. The summed E-state index contributed by atoms with van der Waals surface area (Å²) >= 11 is 0. The second-order valence-electron chi connectivity index (χ2n) is 5.10. The van der Waals surface area contributed by atoms with E-state index in [1.165, 1.54) is 6.07 Å². The first-order valence-corrected chi connectivity index (χ1v) is 7.53. The van der Waals surface area contributed by atoms with Crippen molar-refractivity contribution in [3.8, 4) is 11.8 Å². The lowest BCUT2D eigenvalue weighted by Crippen LogP contribution is -2.32. The van der Waals surface area contributed by atoms with Crippen molar-refractivity contribution in [3.05, 3.63) is 23.3 Å². The number of ether oxygens (including phenoxy) is 1. The van der Waals surface area contributed by atoms with Gasteiger partial charge in [-0.05, 0) is 32.9 Å². The van der Waals surface area contributed by atoms with E-state index in [0.717, 1.165) is 13.0 Å². The molecule has 1 aliphatic heterocycles. The average Bonchev–Trinajstić information content (AvgIpc) is 2.48. The smallest absolute Gasteiger partial charge is 0.237 e. The monoisotopic (exact) mass is 299 g/mol. The van der Waals surface area contributed by atoms with Crippen LogP contribution in [0.3, 0.4) is 0 Å². The zero-order valence-corrected chi connectivity index (χ0v) is 12.0. The van der Waals surface area contributed by atoms with E-state index in [0.29, 0.717) is 0 Å². The Bertz CT molecular complexity index is 704. The van der Waals surface area contributed by atoms with E-state index in [9.17, 15) is 23.2 Å². The van der Waals surface area contributed by atoms with Gasteiger partial charge < -0.3 is 9.84 Å². The zero-order chi connectivity index (χ0) is 15.3. The Kier molecular flexibility index (Phi) is 3.27. The molecule has 0 bridgehead atoms. The first-order chi connectivity index (χ1) is 9.14. The number of hydrogen-bond acceptors (Lipinski definition) is 5. The van der Waals surface area contributed by atoms with Gasteiger partial charge in [0.2, 0.25) is 15.3 Å². The number of nitrogens with zero attached hydrogens (tertiary/aromatic N) is 1. The molecular formula is C13H14FNO4S. The van der Waals surface area contributed by atoms with E-state index in [-0.39, 0.29) is 27.9 Å². The van der Waals surface area contributed by atoms with Crippen LogP contribution < -0.4 is 4.74 Å². The highest BCUT2D eigenvalue weighted by molar-refractivity contribution is 7.92. The van der Waals surface area contributed by atoms with E-state index in [2.05, 4.69) is 0 Å². The normalized spacial score (nSPS) is 27.1. The molecule has 0 aliphatic carbocycles. The van der Waals surface area contributed by atoms with Crippen molar-refractivity contribution in [2.45, 2.75) is 42.9 Å². The Labute approximate surface area is 116 Å². The molecule has 7 heteroatoms. The molecule has 0 radical (unpaired) electrons. The molecule has 1 aliphatic rings. The topological polar surface area (TPSA) is 87.4 Å². The molecule has 1 heterocycles. The van der Waals surface area contributed by atoms with E-state index in [1.54, 1.807) is 19.9 Å². The molecule has 5 nitrogen and oxygen atoms in total. The fourth-order valence-corrected chi connectivity index (χ4v) is 4.09. The first-order valence-electron chi connectivity index (χ1n) is 5.98. The summed E-state index contributed by atoms with van der Waals surface area (Å²) in [6.45, 7) is 4.52. The third-order valence-electron chi connectivity index (χ3n) is 3.13. The number of aliphatic hydroxyl groups is 1. The SMILES string of the molecule is CC(C)Oc1ccc2c(c1C#N)C(C)(O)C(F)S2(=O)=O. The summed E-state index contributed by atoms with van der Waals surface area (Å²) in [5.74, 6) is 0.130. The summed E-state index contributed by atoms with van der Waals surface area (Å²) in [7, 11) is -4.29. The van der Waals surface area contributed by atoms with Gasteiger partial charge in [-0.3, -0.25) is 0 Å². The van der Waals surface area contributed by atoms with E-state index < -0.39 is 20.9 Å². The van der Waals surface area contributed by atoms with Crippen molar-refractivity contribution < 1.29 is 22.7 Å². The quantitative estimate of drug-likeness (QED) is 0.897. The van der Waals surface area contributed by atoms with Gasteiger partial charge >= 0.3 is 0 Å². The second-order valence-corrected chi connectivity index (χ2v) is 7.04. The summed E-state index contributed by atoms with van der Waals surface area (Å²) in [5.41, 5.74) is -5.14. The maximum absolute atomic E-state index is 14.0. The fourth-order valence-electron chi connectivity index (χ4n) is 2.29. The summed E-state index contributed by atoms with van der Waals surface area (Å²) in [6.07, 6.45) is -0.246. The molecule has 0 aromatic heterocycles. The maximum atomic E-state index is 14.0. The van der Waals surface area contributed by atoms with Crippen LogP contribution in [0.4, 0.5) is 4.39 Å². The highest BCUT2D eigenvalue weighted by Crippen LogP contribution is 2.47. The molecule has 1 aromatic carbocycles. The Morgan fingerprint density at radius 3 is 2.60 bits per heavy atom. The van der Waals surface area contributed by atoms with Gasteiger partial charge in [0, 0.05) is 5.56 Å². The number of sulfone groups is 1. The molecule has 0 fully saturated rings. The maximum Gasteiger partial charge on any atom is 0.237 e. The number of benzene rings is 1. The average molecular weight is 299 g/mol. The van der Waals surface area contributed by atoms with Crippen molar-refractivity contribution in [3.63, 3.8) is 0 Å². The third-order valence-corrected chi connectivity index (χ3v) is 5.09. The van der Waals surface area contributed by atoms with Gasteiger partial charge in [-0.15, -0.1) is 0 Å². The molecule has 20 heavy (non-hydrogen) atoms. The minimum absolute atomic E-state index is 0.130. The van der Waals surface area contributed by atoms with Crippen LogP contribution >= 0.6 is 0 Å². The molecule has 1 N–H and O–H groups in total. The molecule has 0 amide bonds. The van der Waals surface area contributed by atoms with Crippen molar-refractivity contribution in [2.75, 3.05) is 0 Å². The summed E-state index contributed by atoms with van der Waals surface area (Å²) in [5, 5.41) is 19.4. The fraction of sp³-hybridized carbons (Fsp3) is 0.462. The van der Waals surface area contributed by atoms with Gasteiger partial charge in [0.15, 0.2) is 0 Å². The van der Waals surface area contributed by atoms with Crippen LogP contribution in [0.2, 0.25) is 0 Å². The number of nitriles is 1. The molecule has 2 unspecified atom stereocenters. The lowest BCUT2D eigenvalue weighted by atomic mass is 9.92. The minimum atomic E-state index is -4.29. The molecular weight excluding hydrogens is 285 g/mol. The molecule has 0 spiro atoms. The van der Waals surface area contributed by atoms with Gasteiger partial charge in [0.1, 0.15) is 23.0 Å². The number of halogens is 1. The Balaban J connectivity index is 2.80. The Morgan fingerprint density at radius 1 is 1.50 bits per heavy atom.